The van der Waals surface area contributed by atoms with E-state index in [9.17, 15) is 14.4 Å². The molecular weight excluding hydrogens is 552 g/mol. The maximum absolute atomic E-state index is 13.6. The molecule has 0 bridgehead atoms. The third-order valence-corrected chi connectivity index (χ3v) is 9.70. The van der Waals surface area contributed by atoms with Crippen LogP contribution < -0.4 is 30.9 Å². The minimum atomic E-state index is -0.218. The molecule has 42 heavy (non-hydrogen) atoms. The van der Waals surface area contributed by atoms with E-state index in [1.54, 1.807) is 0 Å². The SMILES string of the molecule is Cc1cc(Oc2ccccc2)ccc1N1C(=O)NC2=C(C(=O)N[C@@H]3CC[C@@H](NC(=O)CN(C)C)C3)SC3NCCC1C23. The molecule has 10 nitrogen and oxygen atoms in total. The molecule has 3 aliphatic heterocycles. The van der Waals surface area contributed by atoms with E-state index in [1.165, 1.54) is 11.8 Å². The Morgan fingerprint density at radius 2 is 1.81 bits per heavy atom. The van der Waals surface area contributed by atoms with Crippen LogP contribution >= 0.6 is 11.8 Å². The summed E-state index contributed by atoms with van der Waals surface area (Å²) in [6.45, 7) is 3.10. The van der Waals surface area contributed by atoms with Crippen molar-refractivity contribution >= 4 is 35.3 Å². The number of hydrogen-bond acceptors (Lipinski definition) is 7. The topological polar surface area (TPSA) is 115 Å². The summed E-state index contributed by atoms with van der Waals surface area (Å²) in [5.41, 5.74) is 2.50. The van der Waals surface area contributed by atoms with Crippen molar-refractivity contribution in [2.24, 2.45) is 5.92 Å². The molecule has 2 saturated heterocycles. The van der Waals surface area contributed by atoms with Crippen LogP contribution in [-0.4, -0.2) is 73.4 Å². The van der Waals surface area contributed by atoms with Gasteiger partial charge in [0, 0.05) is 29.4 Å². The first-order chi connectivity index (χ1) is 20.3. The fraction of sp³-hybridized carbons (Fsp3) is 0.452. The van der Waals surface area contributed by atoms with Gasteiger partial charge in [-0.1, -0.05) is 30.0 Å². The zero-order valence-electron chi connectivity index (χ0n) is 24.2. The number of ether oxygens (including phenoxy) is 1. The number of anilines is 1. The number of hydrogen-bond donors (Lipinski definition) is 4. The van der Waals surface area contributed by atoms with Gasteiger partial charge in [0.25, 0.3) is 5.91 Å². The van der Waals surface area contributed by atoms with Crippen molar-refractivity contribution in [3.63, 3.8) is 0 Å². The van der Waals surface area contributed by atoms with E-state index in [4.69, 9.17) is 4.74 Å². The quantitative estimate of drug-likeness (QED) is 0.373. The number of nitrogens with one attached hydrogen (secondary N) is 4. The van der Waals surface area contributed by atoms with Gasteiger partial charge in [-0.15, -0.1) is 0 Å². The van der Waals surface area contributed by atoms with E-state index in [-0.39, 0.29) is 47.3 Å². The van der Waals surface area contributed by atoms with Gasteiger partial charge in [0.05, 0.1) is 22.9 Å². The fourth-order valence-corrected chi connectivity index (χ4v) is 7.94. The van der Waals surface area contributed by atoms with Crippen LogP contribution in [0, 0.1) is 12.8 Å². The van der Waals surface area contributed by atoms with Gasteiger partial charge in [0.1, 0.15) is 11.5 Å². The number of rotatable bonds is 8. The molecule has 5 atom stereocenters. The Balaban J connectivity index is 1.16. The highest BCUT2D eigenvalue weighted by atomic mass is 32.2. The number of carbonyl (C=O) groups excluding carboxylic acids is 3. The maximum Gasteiger partial charge on any atom is 0.326 e. The number of amides is 4. The summed E-state index contributed by atoms with van der Waals surface area (Å²) in [4.78, 5) is 43.6. The van der Waals surface area contributed by atoms with Crippen molar-refractivity contribution in [3.8, 4) is 11.5 Å². The highest BCUT2D eigenvalue weighted by Crippen LogP contribution is 2.48. The molecule has 3 fully saturated rings. The summed E-state index contributed by atoms with van der Waals surface area (Å²) in [6, 6.07) is 15.2. The lowest BCUT2D eigenvalue weighted by molar-refractivity contribution is -0.122. The minimum absolute atomic E-state index is 0.00230. The molecule has 0 aromatic heterocycles. The number of nitrogens with zero attached hydrogens (tertiary/aromatic N) is 2. The first-order valence-corrected chi connectivity index (χ1v) is 15.5. The molecule has 11 heteroatoms. The van der Waals surface area contributed by atoms with E-state index < -0.39 is 0 Å². The highest BCUT2D eigenvalue weighted by Gasteiger charge is 2.52. The van der Waals surface area contributed by atoms with E-state index in [1.807, 2.05) is 79.3 Å². The average molecular weight is 591 g/mol. The summed E-state index contributed by atoms with van der Waals surface area (Å²) in [6.07, 6.45) is 3.13. The third-order valence-electron chi connectivity index (χ3n) is 8.35. The third kappa shape index (κ3) is 5.86. The number of thioether (sulfide) groups is 1. The molecule has 3 unspecified atom stereocenters. The smallest absolute Gasteiger partial charge is 0.326 e. The maximum atomic E-state index is 13.6. The molecular formula is C31H38N6O4S. The van der Waals surface area contributed by atoms with Gasteiger partial charge in [0.15, 0.2) is 0 Å². The van der Waals surface area contributed by atoms with Gasteiger partial charge in [-0.2, -0.15) is 0 Å². The van der Waals surface area contributed by atoms with Crippen molar-refractivity contribution in [3.05, 3.63) is 64.7 Å². The van der Waals surface area contributed by atoms with E-state index >= 15 is 0 Å². The molecule has 4 aliphatic rings. The van der Waals surface area contributed by atoms with Gasteiger partial charge < -0.3 is 30.9 Å². The van der Waals surface area contributed by atoms with Gasteiger partial charge in [0.2, 0.25) is 5.91 Å². The number of urea groups is 1. The summed E-state index contributed by atoms with van der Waals surface area (Å²) < 4.78 is 6.01. The summed E-state index contributed by atoms with van der Waals surface area (Å²) in [5.74, 6) is 1.29. The molecule has 6 rings (SSSR count). The van der Waals surface area contributed by atoms with Crippen LogP contribution in [0.15, 0.2) is 59.1 Å². The monoisotopic (exact) mass is 590 g/mol. The molecule has 4 amide bonds. The Labute approximate surface area is 250 Å². The Kier molecular flexibility index (Phi) is 8.15. The van der Waals surface area contributed by atoms with Crippen LogP contribution in [0.25, 0.3) is 0 Å². The van der Waals surface area contributed by atoms with Gasteiger partial charge >= 0.3 is 6.03 Å². The number of likely N-dealkylation sites (N-methyl/N-ethyl adjacent to an activating group) is 1. The van der Waals surface area contributed by atoms with Gasteiger partial charge in [-0.05, 0) is 89.1 Å². The second-order valence-corrected chi connectivity index (χ2v) is 12.9. The second kappa shape index (κ2) is 12.0. The fourth-order valence-electron chi connectivity index (χ4n) is 6.54. The standard InChI is InChI=1S/C31H38N6O4S/c1-18-15-22(41-21-7-5-4-6-8-21)11-12-23(18)37-24-13-14-32-30-26(24)27(35-31(37)40)28(42-30)29(39)34-20-10-9-19(16-20)33-25(38)17-36(2)3/h4-8,11-12,15,19-20,24,26,30,32H,9-10,13-14,16-17H2,1-3H3,(H,33,38)(H,34,39)(H,35,40)/t19-,20-,24?,26?,30?/m1/s1. The Hall–Kier alpha value is -3.54. The molecule has 0 radical (unpaired) electrons. The Morgan fingerprint density at radius 1 is 1.05 bits per heavy atom. The first kappa shape index (κ1) is 28.6. The molecule has 0 spiro atoms. The molecule has 1 aliphatic carbocycles. The molecule has 2 aromatic rings. The highest BCUT2D eigenvalue weighted by molar-refractivity contribution is 8.04. The Bertz CT molecular complexity index is 1400. The molecule has 222 valence electrons. The van der Waals surface area contributed by atoms with Gasteiger partial charge in [-0.3, -0.25) is 14.5 Å². The van der Waals surface area contributed by atoms with Crippen molar-refractivity contribution in [1.82, 2.24) is 26.2 Å². The zero-order chi connectivity index (χ0) is 29.4. The van der Waals surface area contributed by atoms with Crippen molar-refractivity contribution in [2.75, 3.05) is 32.1 Å². The number of para-hydroxylation sites is 1. The van der Waals surface area contributed by atoms with Crippen LogP contribution in [0.5, 0.6) is 11.5 Å². The summed E-state index contributed by atoms with van der Waals surface area (Å²) in [7, 11) is 3.73. The molecule has 1 saturated carbocycles. The van der Waals surface area contributed by atoms with E-state index in [0.717, 1.165) is 48.5 Å². The molecule has 2 aromatic carbocycles. The van der Waals surface area contributed by atoms with Crippen molar-refractivity contribution in [1.29, 1.82) is 0 Å². The Morgan fingerprint density at radius 3 is 2.55 bits per heavy atom. The van der Waals surface area contributed by atoms with Crippen LogP contribution in [0.3, 0.4) is 0 Å². The lowest BCUT2D eigenvalue weighted by Crippen LogP contribution is -2.62. The first-order valence-electron chi connectivity index (χ1n) is 14.6. The van der Waals surface area contributed by atoms with Crippen LogP contribution in [-0.2, 0) is 9.59 Å². The summed E-state index contributed by atoms with van der Waals surface area (Å²) >= 11 is 1.51. The van der Waals surface area contributed by atoms with Crippen LogP contribution in [0.1, 0.15) is 31.2 Å². The summed E-state index contributed by atoms with van der Waals surface area (Å²) in [5, 5.41) is 12.9. The zero-order valence-corrected chi connectivity index (χ0v) is 25.0. The van der Waals surface area contributed by atoms with Crippen molar-refractivity contribution in [2.45, 2.75) is 56.1 Å². The van der Waals surface area contributed by atoms with Crippen LogP contribution in [0.4, 0.5) is 10.5 Å². The second-order valence-electron chi connectivity index (χ2n) is 11.8. The predicted octanol–water partition coefficient (Wildman–Crippen LogP) is 3.29. The van der Waals surface area contributed by atoms with Gasteiger partial charge in [-0.25, -0.2) is 4.79 Å². The largest absolute Gasteiger partial charge is 0.457 e. The minimum Gasteiger partial charge on any atom is -0.457 e. The number of aryl methyl sites for hydroxylation is 1. The molecule has 4 N–H and O–H groups in total. The van der Waals surface area contributed by atoms with E-state index in [2.05, 4.69) is 21.3 Å². The van der Waals surface area contributed by atoms with Crippen molar-refractivity contribution < 1.29 is 19.1 Å². The number of carbonyl (C=O) groups is 3. The normalized spacial score (nSPS) is 26.6. The number of piperidine rings is 1. The molecule has 3 heterocycles. The lowest BCUT2D eigenvalue weighted by atomic mass is 9.86. The number of benzene rings is 2. The lowest BCUT2D eigenvalue weighted by Gasteiger charge is -2.46. The average Bonchev–Trinajstić information content (AvgIpc) is 3.54. The van der Waals surface area contributed by atoms with E-state index in [0.29, 0.717) is 23.6 Å². The van der Waals surface area contributed by atoms with Crippen LogP contribution in [0.2, 0.25) is 0 Å². The predicted molar refractivity (Wildman–Crippen MR) is 163 cm³/mol.